The van der Waals surface area contributed by atoms with Gasteiger partial charge in [-0.1, -0.05) is 30.3 Å². The van der Waals surface area contributed by atoms with Crippen LogP contribution in [-0.2, 0) is 13.0 Å². The zero-order chi connectivity index (χ0) is 19.6. The standard InChI is InChI=1S/C23H26N4O2/c28-23(22-19-5-1-2-6-20(19)25-26-22)24-13-17-4-3-10-27(15-17)14-16-7-8-21-18(12-16)9-11-29-21/h1-2,5-8,12,17H,3-4,9-11,13-15H2,(H,24,28)(H,25,26). The molecule has 5 rings (SSSR count). The van der Waals surface area contributed by atoms with E-state index in [1.165, 1.54) is 17.5 Å². The highest BCUT2D eigenvalue weighted by atomic mass is 16.5. The van der Waals surface area contributed by atoms with Crippen molar-refractivity contribution in [2.75, 3.05) is 26.2 Å². The first-order chi connectivity index (χ1) is 14.3. The van der Waals surface area contributed by atoms with E-state index in [1.807, 2.05) is 24.3 Å². The van der Waals surface area contributed by atoms with Gasteiger partial charge in [-0.25, -0.2) is 0 Å². The molecule has 1 atom stereocenters. The van der Waals surface area contributed by atoms with Gasteiger partial charge in [0.1, 0.15) is 5.75 Å². The van der Waals surface area contributed by atoms with E-state index < -0.39 is 0 Å². The maximum Gasteiger partial charge on any atom is 0.272 e. The number of fused-ring (bicyclic) bond motifs is 2. The fourth-order valence-corrected chi connectivity index (χ4v) is 4.52. The molecule has 1 saturated heterocycles. The van der Waals surface area contributed by atoms with Crippen LogP contribution in [0.25, 0.3) is 10.9 Å². The first-order valence-corrected chi connectivity index (χ1v) is 10.4. The third-order valence-corrected chi connectivity index (χ3v) is 6.00. The minimum absolute atomic E-state index is 0.0989. The van der Waals surface area contributed by atoms with Gasteiger partial charge in [0.25, 0.3) is 5.91 Å². The van der Waals surface area contributed by atoms with Gasteiger partial charge < -0.3 is 10.1 Å². The molecule has 2 N–H and O–H groups in total. The summed E-state index contributed by atoms with van der Waals surface area (Å²) in [5.41, 5.74) is 4.05. The monoisotopic (exact) mass is 390 g/mol. The van der Waals surface area contributed by atoms with Crippen LogP contribution in [0.3, 0.4) is 0 Å². The number of hydrogen-bond donors (Lipinski definition) is 2. The maximum absolute atomic E-state index is 12.6. The molecule has 0 radical (unpaired) electrons. The summed E-state index contributed by atoms with van der Waals surface area (Å²) in [4.78, 5) is 15.1. The molecule has 1 aromatic heterocycles. The van der Waals surface area contributed by atoms with Crippen molar-refractivity contribution in [2.24, 2.45) is 5.92 Å². The van der Waals surface area contributed by atoms with Crippen LogP contribution in [0, 0.1) is 5.92 Å². The van der Waals surface area contributed by atoms with Crippen LogP contribution in [0.4, 0.5) is 0 Å². The molecule has 6 heteroatoms. The summed E-state index contributed by atoms with van der Waals surface area (Å²) in [6.45, 7) is 4.57. The molecule has 2 aliphatic rings. The zero-order valence-electron chi connectivity index (χ0n) is 16.5. The van der Waals surface area contributed by atoms with Gasteiger partial charge in [-0.2, -0.15) is 5.10 Å². The summed E-state index contributed by atoms with van der Waals surface area (Å²) < 4.78 is 5.61. The lowest BCUT2D eigenvalue weighted by Crippen LogP contribution is -2.40. The number of rotatable bonds is 5. The third kappa shape index (κ3) is 3.85. The number of para-hydroxylation sites is 1. The summed E-state index contributed by atoms with van der Waals surface area (Å²) in [6.07, 6.45) is 3.33. The van der Waals surface area contributed by atoms with E-state index in [1.54, 1.807) is 0 Å². The van der Waals surface area contributed by atoms with Crippen LogP contribution >= 0.6 is 0 Å². The van der Waals surface area contributed by atoms with E-state index in [9.17, 15) is 4.79 Å². The summed E-state index contributed by atoms with van der Waals surface area (Å²) in [7, 11) is 0. The number of nitrogens with zero attached hydrogens (tertiary/aromatic N) is 2. The molecule has 3 aromatic rings. The average Bonchev–Trinajstić information content (AvgIpc) is 3.39. The van der Waals surface area contributed by atoms with Crippen molar-refractivity contribution in [3.63, 3.8) is 0 Å². The van der Waals surface area contributed by atoms with Crippen molar-refractivity contribution in [1.29, 1.82) is 0 Å². The van der Waals surface area contributed by atoms with Gasteiger partial charge in [-0.3, -0.25) is 14.8 Å². The highest BCUT2D eigenvalue weighted by Crippen LogP contribution is 2.27. The first-order valence-electron chi connectivity index (χ1n) is 10.4. The van der Waals surface area contributed by atoms with Gasteiger partial charge in [0.05, 0.1) is 12.1 Å². The molecule has 0 aliphatic carbocycles. The molecule has 150 valence electrons. The lowest BCUT2D eigenvalue weighted by Gasteiger charge is -2.32. The fourth-order valence-electron chi connectivity index (χ4n) is 4.52. The molecular weight excluding hydrogens is 364 g/mol. The quantitative estimate of drug-likeness (QED) is 0.702. The number of benzene rings is 2. The topological polar surface area (TPSA) is 70.2 Å². The van der Waals surface area contributed by atoms with Crippen molar-refractivity contribution in [3.8, 4) is 5.75 Å². The molecule has 6 nitrogen and oxygen atoms in total. The lowest BCUT2D eigenvalue weighted by atomic mass is 9.97. The second kappa shape index (κ2) is 7.87. The lowest BCUT2D eigenvalue weighted by molar-refractivity contribution is 0.0927. The summed E-state index contributed by atoms with van der Waals surface area (Å²) in [5.74, 6) is 1.41. The molecule has 2 aliphatic heterocycles. The minimum atomic E-state index is -0.0989. The maximum atomic E-state index is 12.6. The Bertz CT molecular complexity index is 1030. The second-order valence-corrected chi connectivity index (χ2v) is 8.11. The van der Waals surface area contributed by atoms with Crippen molar-refractivity contribution >= 4 is 16.8 Å². The zero-order valence-corrected chi connectivity index (χ0v) is 16.5. The third-order valence-electron chi connectivity index (χ3n) is 6.00. The highest BCUT2D eigenvalue weighted by Gasteiger charge is 2.22. The van der Waals surface area contributed by atoms with Crippen LogP contribution in [-0.4, -0.2) is 47.2 Å². The number of aromatic nitrogens is 2. The Labute approximate surface area is 170 Å². The first kappa shape index (κ1) is 18.2. The van der Waals surface area contributed by atoms with Crippen molar-refractivity contribution in [3.05, 3.63) is 59.3 Å². The molecule has 1 fully saturated rings. The number of hydrogen-bond acceptors (Lipinski definition) is 4. The molecule has 29 heavy (non-hydrogen) atoms. The second-order valence-electron chi connectivity index (χ2n) is 8.11. The van der Waals surface area contributed by atoms with E-state index in [4.69, 9.17) is 4.74 Å². The number of amides is 1. The van der Waals surface area contributed by atoms with Gasteiger partial charge in [0.15, 0.2) is 5.69 Å². The normalized spacial score (nSPS) is 19.1. The molecule has 0 spiro atoms. The van der Waals surface area contributed by atoms with Gasteiger partial charge in [-0.05, 0) is 48.6 Å². The van der Waals surface area contributed by atoms with E-state index in [2.05, 4.69) is 38.6 Å². The Kier molecular flexibility index (Phi) is 4.94. The van der Waals surface area contributed by atoms with Gasteiger partial charge >= 0.3 is 0 Å². The van der Waals surface area contributed by atoms with Gasteiger partial charge in [0, 0.05) is 31.4 Å². The number of likely N-dealkylation sites (tertiary alicyclic amines) is 1. The van der Waals surface area contributed by atoms with Gasteiger partial charge in [0.2, 0.25) is 0 Å². The SMILES string of the molecule is O=C(NCC1CCCN(Cc2ccc3c(c2)CCO3)C1)c1n[nH]c2ccccc12. The van der Waals surface area contributed by atoms with E-state index >= 15 is 0 Å². The molecular formula is C23H26N4O2. The van der Waals surface area contributed by atoms with Crippen molar-refractivity contribution in [1.82, 2.24) is 20.4 Å². The molecule has 2 aromatic carbocycles. The van der Waals surface area contributed by atoms with E-state index in [0.29, 0.717) is 18.2 Å². The van der Waals surface area contributed by atoms with Crippen molar-refractivity contribution in [2.45, 2.75) is 25.8 Å². The fraction of sp³-hybridized carbons (Fsp3) is 0.391. The number of H-pyrrole nitrogens is 1. The molecule has 1 amide bonds. The van der Waals surface area contributed by atoms with Crippen LogP contribution in [0.1, 0.15) is 34.5 Å². The minimum Gasteiger partial charge on any atom is -0.493 e. The number of ether oxygens (including phenoxy) is 1. The van der Waals surface area contributed by atoms with Crippen LogP contribution < -0.4 is 10.1 Å². The smallest absolute Gasteiger partial charge is 0.272 e. The predicted octanol–water partition coefficient (Wildman–Crippen LogP) is 3.14. The van der Waals surface area contributed by atoms with E-state index in [0.717, 1.165) is 55.7 Å². The van der Waals surface area contributed by atoms with Crippen LogP contribution in [0.15, 0.2) is 42.5 Å². The van der Waals surface area contributed by atoms with Gasteiger partial charge in [-0.15, -0.1) is 0 Å². The predicted molar refractivity (Wildman–Crippen MR) is 112 cm³/mol. The number of carbonyl (C=O) groups excluding carboxylic acids is 1. The Balaban J connectivity index is 1.17. The molecule has 0 saturated carbocycles. The number of nitrogens with one attached hydrogen (secondary N) is 2. The Morgan fingerprint density at radius 3 is 3.17 bits per heavy atom. The van der Waals surface area contributed by atoms with Crippen LogP contribution in [0.5, 0.6) is 5.75 Å². The Morgan fingerprint density at radius 2 is 2.21 bits per heavy atom. The van der Waals surface area contributed by atoms with E-state index in [-0.39, 0.29) is 5.91 Å². The summed E-state index contributed by atoms with van der Waals surface area (Å²) in [6, 6.07) is 14.3. The highest BCUT2D eigenvalue weighted by molar-refractivity contribution is 6.04. The number of aromatic amines is 1. The van der Waals surface area contributed by atoms with Crippen LogP contribution in [0.2, 0.25) is 0 Å². The largest absolute Gasteiger partial charge is 0.493 e. The Morgan fingerprint density at radius 1 is 1.28 bits per heavy atom. The average molecular weight is 390 g/mol. The molecule has 1 unspecified atom stereocenters. The Hall–Kier alpha value is -2.86. The molecule has 0 bridgehead atoms. The summed E-state index contributed by atoms with van der Waals surface area (Å²) >= 11 is 0. The number of carbonyl (C=O) groups is 1. The number of piperidine rings is 1. The summed E-state index contributed by atoms with van der Waals surface area (Å²) in [5, 5.41) is 11.1. The van der Waals surface area contributed by atoms with Crippen molar-refractivity contribution < 1.29 is 9.53 Å². The molecule has 3 heterocycles.